The second kappa shape index (κ2) is 5.27. The van der Waals surface area contributed by atoms with Gasteiger partial charge in [0.1, 0.15) is 0 Å². The van der Waals surface area contributed by atoms with E-state index in [9.17, 15) is 4.79 Å². The molecule has 0 bridgehead atoms. The molecule has 1 aliphatic rings. The summed E-state index contributed by atoms with van der Waals surface area (Å²) in [5.74, 6) is -0.812. The van der Waals surface area contributed by atoms with E-state index in [1.807, 2.05) is 0 Å². The van der Waals surface area contributed by atoms with Crippen LogP contribution in [0.15, 0.2) is 6.20 Å². The molecule has 2 atom stereocenters. The third-order valence-corrected chi connectivity index (χ3v) is 2.89. The Bertz CT molecular complexity index is 391. The molecule has 1 aromatic heterocycles. The van der Waals surface area contributed by atoms with Crippen LogP contribution in [0.3, 0.4) is 0 Å². The zero-order valence-electron chi connectivity index (χ0n) is 9.87. The van der Waals surface area contributed by atoms with E-state index in [1.165, 1.54) is 0 Å². The summed E-state index contributed by atoms with van der Waals surface area (Å²) in [5, 5.41) is 16.5. The number of hydrogen-bond acceptors (Lipinski definition) is 4. The number of aliphatic carboxylic acids is 1. The van der Waals surface area contributed by atoms with Gasteiger partial charge in [-0.25, -0.2) is 4.68 Å². The first-order chi connectivity index (χ1) is 8.13. The fraction of sp³-hybridized carbons (Fsp3) is 0.727. The molecule has 6 nitrogen and oxygen atoms in total. The summed E-state index contributed by atoms with van der Waals surface area (Å²) >= 11 is 0. The highest BCUT2D eigenvalue weighted by atomic mass is 16.5. The molecule has 6 heteroatoms. The Labute approximate surface area is 99.6 Å². The first-order valence-electron chi connectivity index (χ1n) is 5.90. The molecule has 94 valence electrons. The van der Waals surface area contributed by atoms with Crippen molar-refractivity contribution >= 4 is 5.97 Å². The van der Waals surface area contributed by atoms with Gasteiger partial charge in [0.2, 0.25) is 0 Å². The average Bonchev–Trinajstić information content (AvgIpc) is 2.86. The van der Waals surface area contributed by atoms with E-state index in [0.717, 1.165) is 18.5 Å². The molecule has 2 unspecified atom stereocenters. The highest BCUT2D eigenvalue weighted by Crippen LogP contribution is 2.20. The van der Waals surface area contributed by atoms with Crippen LogP contribution < -0.4 is 0 Å². The van der Waals surface area contributed by atoms with Crippen LogP contribution in [0.4, 0.5) is 0 Å². The molecule has 1 fully saturated rings. The summed E-state index contributed by atoms with van der Waals surface area (Å²) in [7, 11) is 0. The fourth-order valence-electron chi connectivity index (χ4n) is 2.01. The molecular weight excluding hydrogens is 222 g/mol. The van der Waals surface area contributed by atoms with Crippen molar-refractivity contribution < 1.29 is 14.6 Å². The molecule has 0 amide bonds. The molecule has 2 heterocycles. The Morgan fingerprint density at radius 3 is 3.12 bits per heavy atom. The Balaban J connectivity index is 1.83. The normalized spacial score (nSPS) is 24.1. The maximum absolute atomic E-state index is 10.4. The minimum Gasteiger partial charge on any atom is -0.481 e. The van der Waals surface area contributed by atoms with E-state index in [-0.39, 0.29) is 12.5 Å². The molecule has 2 rings (SSSR count). The summed E-state index contributed by atoms with van der Waals surface area (Å²) in [6.45, 7) is 2.77. The molecular formula is C11H17N3O3. The largest absolute Gasteiger partial charge is 0.481 e. The predicted octanol–water partition coefficient (Wildman–Crippen LogP) is 0.863. The van der Waals surface area contributed by atoms with Gasteiger partial charge >= 0.3 is 5.97 Å². The maximum Gasteiger partial charge on any atom is 0.303 e. The zero-order valence-corrected chi connectivity index (χ0v) is 9.87. The van der Waals surface area contributed by atoms with Crippen molar-refractivity contribution in [3.8, 4) is 0 Å². The minimum absolute atomic E-state index is 0.0929. The van der Waals surface area contributed by atoms with E-state index in [4.69, 9.17) is 9.84 Å². The molecule has 0 aromatic carbocycles. The maximum atomic E-state index is 10.4. The Kier molecular flexibility index (Phi) is 3.73. The van der Waals surface area contributed by atoms with Gasteiger partial charge in [-0.3, -0.25) is 4.79 Å². The van der Waals surface area contributed by atoms with Crippen molar-refractivity contribution in [1.29, 1.82) is 0 Å². The molecule has 1 aliphatic heterocycles. The van der Waals surface area contributed by atoms with Gasteiger partial charge in [-0.1, -0.05) is 5.21 Å². The number of carboxylic acid groups (broad SMARTS) is 1. The van der Waals surface area contributed by atoms with Crippen LogP contribution in [0, 0.1) is 0 Å². The molecule has 0 saturated carbocycles. The summed E-state index contributed by atoms with van der Waals surface area (Å²) < 4.78 is 7.43. The van der Waals surface area contributed by atoms with Gasteiger partial charge in [-0.05, 0) is 19.8 Å². The number of aromatic nitrogens is 3. The van der Waals surface area contributed by atoms with Crippen molar-refractivity contribution in [2.24, 2.45) is 0 Å². The minimum atomic E-state index is -0.812. The standard InChI is InChI=1S/C11H17N3O3/c1-8-2-4-10(17-8)7-14-6-9(12-13-14)3-5-11(15)16/h6,8,10H,2-5,7H2,1H3,(H,15,16). The van der Waals surface area contributed by atoms with E-state index in [0.29, 0.717) is 19.1 Å². The van der Waals surface area contributed by atoms with Gasteiger partial charge < -0.3 is 9.84 Å². The molecule has 0 radical (unpaired) electrons. The van der Waals surface area contributed by atoms with E-state index < -0.39 is 5.97 Å². The lowest BCUT2D eigenvalue weighted by Gasteiger charge is -2.09. The molecule has 17 heavy (non-hydrogen) atoms. The lowest BCUT2D eigenvalue weighted by molar-refractivity contribution is -0.136. The SMILES string of the molecule is CC1CCC(Cn2cc(CCC(=O)O)nn2)O1. The molecule has 1 N–H and O–H groups in total. The third-order valence-electron chi connectivity index (χ3n) is 2.89. The van der Waals surface area contributed by atoms with Gasteiger partial charge in [0.25, 0.3) is 0 Å². The number of carbonyl (C=O) groups is 1. The van der Waals surface area contributed by atoms with Crippen molar-refractivity contribution in [1.82, 2.24) is 15.0 Å². The Hall–Kier alpha value is -1.43. The van der Waals surface area contributed by atoms with Gasteiger partial charge in [-0.2, -0.15) is 0 Å². The fourth-order valence-corrected chi connectivity index (χ4v) is 2.01. The molecule has 1 saturated heterocycles. The highest BCUT2D eigenvalue weighted by molar-refractivity contribution is 5.66. The van der Waals surface area contributed by atoms with E-state index >= 15 is 0 Å². The number of aryl methyl sites for hydroxylation is 1. The average molecular weight is 239 g/mol. The smallest absolute Gasteiger partial charge is 0.303 e. The predicted molar refractivity (Wildman–Crippen MR) is 59.5 cm³/mol. The molecule has 0 spiro atoms. The van der Waals surface area contributed by atoms with Crippen LogP contribution in [0.5, 0.6) is 0 Å². The Morgan fingerprint density at radius 2 is 2.47 bits per heavy atom. The molecule has 1 aromatic rings. The van der Waals surface area contributed by atoms with Crippen LogP contribution in [0.2, 0.25) is 0 Å². The number of nitrogens with zero attached hydrogens (tertiary/aromatic N) is 3. The zero-order chi connectivity index (χ0) is 12.3. The summed E-state index contributed by atoms with van der Waals surface area (Å²) in [5.41, 5.74) is 0.721. The van der Waals surface area contributed by atoms with Crippen molar-refractivity contribution in [3.05, 3.63) is 11.9 Å². The quantitative estimate of drug-likeness (QED) is 0.824. The van der Waals surface area contributed by atoms with Gasteiger partial charge in [0.15, 0.2) is 0 Å². The third kappa shape index (κ3) is 3.52. The number of hydrogen-bond donors (Lipinski definition) is 1. The van der Waals surface area contributed by atoms with Gasteiger partial charge in [-0.15, -0.1) is 5.10 Å². The second-order valence-electron chi connectivity index (χ2n) is 4.47. The van der Waals surface area contributed by atoms with E-state index in [1.54, 1.807) is 10.9 Å². The van der Waals surface area contributed by atoms with Gasteiger partial charge in [0, 0.05) is 12.6 Å². The van der Waals surface area contributed by atoms with Crippen LogP contribution in [-0.4, -0.2) is 38.3 Å². The van der Waals surface area contributed by atoms with Crippen molar-refractivity contribution in [2.45, 2.75) is 51.4 Å². The van der Waals surface area contributed by atoms with Crippen LogP contribution >= 0.6 is 0 Å². The van der Waals surface area contributed by atoms with Crippen LogP contribution in [-0.2, 0) is 22.5 Å². The van der Waals surface area contributed by atoms with Crippen LogP contribution in [0.1, 0.15) is 31.9 Å². The topological polar surface area (TPSA) is 77.2 Å². The second-order valence-corrected chi connectivity index (χ2v) is 4.47. The summed E-state index contributed by atoms with van der Waals surface area (Å²) in [4.78, 5) is 10.4. The Morgan fingerprint density at radius 1 is 1.65 bits per heavy atom. The number of carboxylic acids is 1. The first-order valence-corrected chi connectivity index (χ1v) is 5.90. The lowest BCUT2D eigenvalue weighted by atomic mass is 10.2. The van der Waals surface area contributed by atoms with E-state index in [2.05, 4.69) is 17.2 Å². The number of ether oxygens (including phenoxy) is 1. The van der Waals surface area contributed by atoms with Crippen molar-refractivity contribution in [3.63, 3.8) is 0 Å². The highest BCUT2D eigenvalue weighted by Gasteiger charge is 2.22. The monoisotopic (exact) mass is 239 g/mol. The summed E-state index contributed by atoms with van der Waals surface area (Å²) in [6, 6.07) is 0. The lowest BCUT2D eigenvalue weighted by Crippen LogP contribution is -2.16. The number of rotatable bonds is 5. The van der Waals surface area contributed by atoms with Crippen LogP contribution in [0.25, 0.3) is 0 Å². The molecule has 0 aliphatic carbocycles. The van der Waals surface area contributed by atoms with Gasteiger partial charge in [0.05, 0.1) is 30.9 Å². The summed E-state index contributed by atoms with van der Waals surface area (Å²) in [6.07, 6.45) is 4.99. The first kappa shape index (κ1) is 12.0. The van der Waals surface area contributed by atoms with Crippen molar-refractivity contribution in [2.75, 3.05) is 0 Å².